The summed E-state index contributed by atoms with van der Waals surface area (Å²) in [4.78, 5) is 21.2. The van der Waals surface area contributed by atoms with E-state index >= 15 is 0 Å². The summed E-state index contributed by atoms with van der Waals surface area (Å²) in [5, 5.41) is 22.3. The number of carbonyl (C=O) groups is 1. The Hall–Kier alpha value is -1.31. The number of carbonyl (C=O) groups excluding carboxylic acids is 1. The van der Waals surface area contributed by atoms with Crippen LogP contribution in [0.1, 0.15) is 27.2 Å². The van der Waals surface area contributed by atoms with Crippen LogP contribution in [0.25, 0.3) is 0 Å². The topological polar surface area (TPSA) is 102 Å². The van der Waals surface area contributed by atoms with E-state index in [1.54, 1.807) is 6.92 Å². The smallest absolute Gasteiger partial charge is 0.306 e. The largest absolute Gasteiger partial charge is 0.466 e. The zero-order chi connectivity index (χ0) is 13.5. The predicted octanol–water partition coefficient (Wildman–Crippen LogP) is 1.52. The Kier molecular flexibility index (Phi) is 6.55. The predicted molar refractivity (Wildman–Crippen MR) is 64.0 cm³/mol. The number of hydrogen-bond donors (Lipinski definition) is 1. The molecular weight excluding hydrogens is 248 g/mol. The third-order valence-electron chi connectivity index (χ3n) is 1.92. The Morgan fingerprint density at radius 2 is 2.18 bits per heavy atom. The molecular formula is C9H16N2O5S. The standard InChI is InChI=1S/C9H16N2O5S/c1-4-16-7(12)5-6-17-8(10-13)9(2,3)11(14)15/h13H,4-6H2,1-3H3. The lowest BCUT2D eigenvalue weighted by molar-refractivity contribution is -0.537. The van der Waals surface area contributed by atoms with Gasteiger partial charge in [-0.3, -0.25) is 14.9 Å². The minimum Gasteiger partial charge on any atom is -0.466 e. The van der Waals surface area contributed by atoms with Crippen molar-refractivity contribution >= 4 is 22.8 Å². The van der Waals surface area contributed by atoms with E-state index in [0.717, 1.165) is 11.8 Å². The molecule has 1 N–H and O–H groups in total. The highest BCUT2D eigenvalue weighted by Crippen LogP contribution is 2.20. The highest BCUT2D eigenvalue weighted by atomic mass is 32.2. The van der Waals surface area contributed by atoms with Gasteiger partial charge in [-0.25, -0.2) is 0 Å². The molecule has 0 aromatic heterocycles. The molecule has 0 saturated heterocycles. The van der Waals surface area contributed by atoms with E-state index in [2.05, 4.69) is 5.16 Å². The van der Waals surface area contributed by atoms with Gasteiger partial charge in [-0.15, -0.1) is 0 Å². The van der Waals surface area contributed by atoms with Gasteiger partial charge in [-0.1, -0.05) is 16.9 Å². The fourth-order valence-corrected chi connectivity index (χ4v) is 1.82. The average Bonchev–Trinajstić information content (AvgIpc) is 2.24. The molecule has 0 radical (unpaired) electrons. The van der Waals surface area contributed by atoms with Gasteiger partial charge >= 0.3 is 5.97 Å². The molecule has 0 amide bonds. The van der Waals surface area contributed by atoms with Crippen molar-refractivity contribution in [1.82, 2.24) is 0 Å². The van der Waals surface area contributed by atoms with Crippen LogP contribution in [0.4, 0.5) is 0 Å². The van der Waals surface area contributed by atoms with E-state index < -0.39 is 10.5 Å². The summed E-state index contributed by atoms with van der Waals surface area (Å²) >= 11 is 0.968. The number of nitro groups is 1. The van der Waals surface area contributed by atoms with Crippen molar-refractivity contribution in [3.8, 4) is 0 Å². The first kappa shape index (κ1) is 15.7. The minimum absolute atomic E-state index is 0.0354. The number of oxime groups is 1. The zero-order valence-electron chi connectivity index (χ0n) is 10.0. The molecule has 8 heteroatoms. The Bertz CT molecular complexity index is 317. The lowest BCUT2D eigenvalue weighted by atomic mass is 10.1. The third-order valence-corrected chi connectivity index (χ3v) is 3.18. The van der Waals surface area contributed by atoms with Gasteiger partial charge in [0.2, 0.25) is 0 Å². The second-order valence-electron chi connectivity index (χ2n) is 3.62. The summed E-state index contributed by atoms with van der Waals surface area (Å²) < 4.78 is 4.70. The minimum atomic E-state index is -1.46. The normalized spacial score (nSPS) is 12.3. The van der Waals surface area contributed by atoms with E-state index in [1.165, 1.54) is 13.8 Å². The lowest BCUT2D eigenvalue weighted by Crippen LogP contribution is -2.38. The highest BCUT2D eigenvalue weighted by Gasteiger charge is 2.38. The Morgan fingerprint density at radius 3 is 2.59 bits per heavy atom. The SMILES string of the molecule is CCOC(=O)CCSC(=NO)C(C)(C)[N+](=O)[O-]. The van der Waals surface area contributed by atoms with Crippen molar-refractivity contribution in [2.24, 2.45) is 5.16 Å². The monoisotopic (exact) mass is 264 g/mol. The third kappa shape index (κ3) is 5.03. The van der Waals surface area contributed by atoms with Crippen molar-refractivity contribution in [2.45, 2.75) is 32.7 Å². The molecule has 0 saturated carbocycles. The molecule has 0 aliphatic carbocycles. The molecule has 0 fully saturated rings. The first-order valence-corrected chi connectivity index (χ1v) is 6.00. The Balaban J connectivity index is 4.27. The van der Waals surface area contributed by atoms with E-state index in [9.17, 15) is 14.9 Å². The number of hydrogen-bond acceptors (Lipinski definition) is 7. The maximum absolute atomic E-state index is 11.0. The second kappa shape index (κ2) is 7.10. The van der Waals surface area contributed by atoms with E-state index in [1.807, 2.05) is 0 Å². The van der Waals surface area contributed by atoms with Crippen molar-refractivity contribution < 1.29 is 19.7 Å². The quantitative estimate of drug-likeness (QED) is 0.195. The van der Waals surface area contributed by atoms with Gasteiger partial charge in [0, 0.05) is 24.5 Å². The van der Waals surface area contributed by atoms with Gasteiger partial charge in [0.1, 0.15) is 0 Å². The van der Waals surface area contributed by atoms with Gasteiger partial charge < -0.3 is 9.94 Å². The fourth-order valence-electron chi connectivity index (χ4n) is 0.870. The number of rotatable bonds is 6. The fraction of sp³-hybridized carbons (Fsp3) is 0.778. The molecule has 0 heterocycles. The van der Waals surface area contributed by atoms with Crippen LogP contribution >= 0.6 is 11.8 Å². The van der Waals surface area contributed by atoms with Gasteiger partial charge in [0.15, 0.2) is 5.04 Å². The molecule has 17 heavy (non-hydrogen) atoms. The van der Waals surface area contributed by atoms with Crippen LogP contribution < -0.4 is 0 Å². The molecule has 0 aliphatic rings. The molecule has 0 aliphatic heterocycles. The maximum atomic E-state index is 11.0. The highest BCUT2D eigenvalue weighted by molar-refractivity contribution is 8.14. The second-order valence-corrected chi connectivity index (χ2v) is 4.71. The molecule has 0 bridgehead atoms. The van der Waals surface area contributed by atoms with Crippen LogP contribution in [0.15, 0.2) is 5.16 Å². The molecule has 0 spiro atoms. The van der Waals surface area contributed by atoms with Crippen LogP contribution in [0.5, 0.6) is 0 Å². The summed E-state index contributed by atoms with van der Waals surface area (Å²) in [6.07, 6.45) is 0.116. The summed E-state index contributed by atoms with van der Waals surface area (Å²) in [6.45, 7) is 4.66. The first-order chi connectivity index (χ1) is 7.86. The van der Waals surface area contributed by atoms with Gasteiger partial charge in [-0.05, 0) is 6.92 Å². The molecule has 0 atom stereocenters. The van der Waals surface area contributed by atoms with Gasteiger partial charge in [-0.2, -0.15) is 0 Å². The number of thioether (sulfide) groups is 1. The number of esters is 1. The van der Waals surface area contributed by atoms with Crippen molar-refractivity contribution in [2.75, 3.05) is 12.4 Å². The molecule has 0 aromatic rings. The molecule has 0 unspecified atom stereocenters. The maximum Gasteiger partial charge on any atom is 0.306 e. The first-order valence-electron chi connectivity index (χ1n) is 5.01. The molecule has 0 rings (SSSR count). The van der Waals surface area contributed by atoms with E-state index in [4.69, 9.17) is 9.94 Å². The van der Waals surface area contributed by atoms with Crippen molar-refractivity contribution in [3.05, 3.63) is 10.1 Å². The van der Waals surface area contributed by atoms with Crippen molar-refractivity contribution in [1.29, 1.82) is 0 Å². The molecule has 7 nitrogen and oxygen atoms in total. The molecule has 0 aromatic carbocycles. The average molecular weight is 264 g/mol. The van der Waals surface area contributed by atoms with Crippen LogP contribution in [0.3, 0.4) is 0 Å². The van der Waals surface area contributed by atoms with Crippen LogP contribution in [-0.4, -0.2) is 39.0 Å². The summed E-state index contributed by atoms with van der Waals surface area (Å²) in [5.74, 6) is -0.105. The van der Waals surface area contributed by atoms with Crippen LogP contribution in [0.2, 0.25) is 0 Å². The van der Waals surface area contributed by atoms with Gasteiger partial charge in [0.25, 0.3) is 5.54 Å². The summed E-state index contributed by atoms with van der Waals surface area (Å²) in [7, 11) is 0. The van der Waals surface area contributed by atoms with Crippen molar-refractivity contribution in [3.63, 3.8) is 0 Å². The zero-order valence-corrected chi connectivity index (χ0v) is 10.8. The summed E-state index contributed by atoms with van der Waals surface area (Å²) in [5.41, 5.74) is -1.46. The van der Waals surface area contributed by atoms with E-state index in [-0.39, 0.29) is 23.2 Å². The van der Waals surface area contributed by atoms with Gasteiger partial charge in [0.05, 0.1) is 13.0 Å². The summed E-state index contributed by atoms with van der Waals surface area (Å²) in [6, 6.07) is 0. The van der Waals surface area contributed by atoms with Crippen LogP contribution in [0, 0.1) is 10.1 Å². The number of ether oxygens (including phenoxy) is 1. The lowest BCUT2D eigenvalue weighted by Gasteiger charge is -2.15. The molecule has 98 valence electrons. The Labute approximate surface area is 103 Å². The van der Waals surface area contributed by atoms with E-state index in [0.29, 0.717) is 6.61 Å². The Morgan fingerprint density at radius 1 is 1.59 bits per heavy atom. The number of nitrogens with zero attached hydrogens (tertiary/aromatic N) is 2. The van der Waals surface area contributed by atoms with Crippen LogP contribution in [-0.2, 0) is 9.53 Å².